The van der Waals surface area contributed by atoms with Gasteiger partial charge in [0.05, 0.1) is 0 Å². The summed E-state index contributed by atoms with van der Waals surface area (Å²) in [6.07, 6.45) is 2.53. The third kappa shape index (κ3) is 5.60. The number of hydrogen-bond acceptors (Lipinski definition) is 2. The molecule has 0 aliphatic carbocycles. The second-order valence-corrected chi connectivity index (χ2v) is 5.38. The molecule has 0 aliphatic heterocycles. The highest BCUT2D eigenvalue weighted by atomic mass is 32.1. The molecular formula is C15H25NS. The molecule has 1 nitrogen and oxygen atoms in total. The van der Waals surface area contributed by atoms with Crippen molar-refractivity contribution in [3.63, 3.8) is 0 Å². The Bertz CT molecular complexity index is 307. The first-order valence-corrected chi connectivity index (χ1v) is 7.14. The molecule has 0 heterocycles. The van der Waals surface area contributed by atoms with Crippen molar-refractivity contribution < 1.29 is 0 Å². The van der Waals surface area contributed by atoms with E-state index in [1.807, 2.05) is 0 Å². The van der Waals surface area contributed by atoms with E-state index in [0.29, 0.717) is 0 Å². The largest absolute Gasteiger partial charge is 0.302 e. The number of rotatable bonds is 7. The van der Waals surface area contributed by atoms with Crippen LogP contribution in [0.25, 0.3) is 0 Å². The molecule has 0 amide bonds. The Balaban J connectivity index is 2.42. The summed E-state index contributed by atoms with van der Waals surface area (Å²) in [5, 5.41) is 0. The highest BCUT2D eigenvalue weighted by Crippen LogP contribution is 2.12. The molecule has 0 aliphatic rings. The van der Waals surface area contributed by atoms with Crippen LogP contribution in [0.15, 0.2) is 24.3 Å². The molecular weight excluding hydrogens is 226 g/mol. The number of nitrogens with zero attached hydrogens (tertiary/aromatic N) is 1. The molecule has 0 aromatic heterocycles. The van der Waals surface area contributed by atoms with Crippen molar-refractivity contribution in [2.45, 2.75) is 33.2 Å². The van der Waals surface area contributed by atoms with Gasteiger partial charge in [0, 0.05) is 13.1 Å². The highest BCUT2D eigenvalue weighted by Gasteiger charge is 2.09. The monoisotopic (exact) mass is 251 g/mol. The van der Waals surface area contributed by atoms with Crippen LogP contribution < -0.4 is 0 Å². The van der Waals surface area contributed by atoms with Crippen LogP contribution in [0.2, 0.25) is 0 Å². The molecule has 17 heavy (non-hydrogen) atoms. The molecule has 0 saturated carbocycles. The van der Waals surface area contributed by atoms with Crippen molar-refractivity contribution in [2.75, 3.05) is 19.3 Å². The lowest BCUT2D eigenvalue weighted by molar-refractivity contribution is 0.273. The van der Waals surface area contributed by atoms with Crippen LogP contribution in [-0.2, 0) is 6.54 Å². The first-order valence-electron chi connectivity index (χ1n) is 6.50. The number of hydrogen-bond donors (Lipinski definition) is 1. The van der Waals surface area contributed by atoms with Gasteiger partial charge in [-0.2, -0.15) is 12.6 Å². The van der Waals surface area contributed by atoms with Gasteiger partial charge in [0.25, 0.3) is 0 Å². The maximum atomic E-state index is 4.44. The summed E-state index contributed by atoms with van der Waals surface area (Å²) in [4.78, 5) is 2.40. The zero-order valence-electron chi connectivity index (χ0n) is 11.3. The van der Waals surface area contributed by atoms with Crippen LogP contribution in [0.5, 0.6) is 0 Å². The van der Waals surface area contributed by atoms with E-state index in [-0.39, 0.29) is 0 Å². The fourth-order valence-electron chi connectivity index (χ4n) is 2.16. The van der Waals surface area contributed by atoms with Gasteiger partial charge in [0.2, 0.25) is 0 Å². The first-order chi connectivity index (χ1) is 8.15. The molecule has 0 saturated heterocycles. The van der Waals surface area contributed by atoms with Crippen molar-refractivity contribution in [1.29, 1.82) is 0 Å². The summed E-state index contributed by atoms with van der Waals surface area (Å²) < 4.78 is 0. The van der Waals surface area contributed by atoms with Crippen molar-refractivity contribution in [1.82, 2.24) is 4.90 Å². The zero-order valence-corrected chi connectivity index (χ0v) is 12.2. The maximum Gasteiger partial charge on any atom is 0.0230 e. The summed E-state index contributed by atoms with van der Waals surface area (Å²) >= 11 is 4.44. The van der Waals surface area contributed by atoms with E-state index < -0.39 is 0 Å². The van der Waals surface area contributed by atoms with Gasteiger partial charge in [0.15, 0.2) is 0 Å². The number of aryl methyl sites for hydroxylation is 1. The van der Waals surface area contributed by atoms with Crippen LogP contribution in [0, 0.1) is 12.8 Å². The summed E-state index contributed by atoms with van der Waals surface area (Å²) in [5.74, 6) is 1.71. The fraction of sp³-hybridized carbons (Fsp3) is 0.600. The predicted molar refractivity (Wildman–Crippen MR) is 79.8 cm³/mol. The van der Waals surface area contributed by atoms with E-state index in [0.717, 1.165) is 24.8 Å². The Labute approximate surface area is 112 Å². The lowest BCUT2D eigenvalue weighted by atomic mass is 10.1. The molecule has 0 bridgehead atoms. The number of benzene rings is 1. The average molecular weight is 251 g/mol. The third-order valence-corrected chi connectivity index (χ3v) is 3.61. The van der Waals surface area contributed by atoms with E-state index >= 15 is 0 Å². The molecule has 1 rings (SSSR count). The number of thiol groups is 1. The van der Waals surface area contributed by atoms with Gasteiger partial charge in [0.1, 0.15) is 0 Å². The maximum absolute atomic E-state index is 4.44. The van der Waals surface area contributed by atoms with Crippen molar-refractivity contribution in [3.8, 4) is 0 Å². The van der Waals surface area contributed by atoms with E-state index in [2.05, 4.69) is 62.7 Å². The van der Waals surface area contributed by atoms with E-state index in [1.165, 1.54) is 24.0 Å². The zero-order chi connectivity index (χ0) is 12.7. The second kappa shape index (κ2) is 7.78. The van der Waals surface area contributed by atoms with E-state index in [4.69, 9.17) is 0 Å². The van der Waals surface area contributed by atoms with Gasteiger partial charge < -0.3 is 4.90 Å². The molecule has 0 N–H and O–H groups in total. The van der Waals surface area contributed by atoms with Gasteiger partial charge in [-0.05, 0) is 37.6 Å². The Morgan fingerprint density at radius 3 is 2.41 bits per heavy atom. The van der Waals surface area contributed by atoms with Crippen LogP contribution in [0.3, 0.4) is 0 Å². The lowest BCUT2D eigenvalue weighted by Crippen LogP contribution is -2.26. The van der Waals surface area contributed by atoms with Crippen molar-refractivity contribution >= 4 is 12.6 Å². The van der Waals surface area contributed by atoms with Gasteiger partial charge >= 0.3 is 0 Å². The highest BCUT2D eigenvalue weighted by molar-refractivity contribution is 7.80. The minimum absolute atomic E-state index is 0.721. The van der Waals surface area contributed by atoms with Gasteiger partial charge in [-0.1, -0.05) is 43.2 Å². The Morgan fingerprint density at radius 1 is 1.24 bits per heavy atom. The normalized spacial score (nSPS) is 13.0. The fourth-order valence-corrected chi connectivity index (χ4v) is 2.46. The van der Waals surface area contributed by atoms with E-state index in [1.54, 1.807) is 0 Å². The SMILES string of the molecule is CCCC(CS)CN(C)Cc1ccc(C)cc1. The molecule has 0 fully saturated rings. The Morgan fingerprint density at radius 2 is 1.88 bits per heavy atom. The van der Waals surface area contributed by atoms with Crippen LogP contribution in [0.4, 0.5) is 0 Å². The van der Waals surface area contributed by atoms with Crippen LogP contribution in [0.1, 0.15) is 30.9 Å². The van der Waals surface area contributed by atoms with Gasteiger partial charge in [-0.3, -0.25) is 0 Å². The summed E-state index contributed by atoms with van der Waals surface area (Å²) in [6, 6.07) is 8.82. The summed E-state index contributed by atoms with van der Waals surface area (Å²) in [5.41, 5.74) is 2.73. The minimum Gasteiger partial charge on any atom is -0.302 e. The van der Waals surface area contributed by atoms with Gasteiger partial charge in [-0.25, -0.2) is 0 Å². The second-order valence-electron chi connectivity index (χ2n) is 5.02. The quantitative estimate of drug-likeness (QED) is 0.722. The summed E-state index contributed by atoms with van der Waals surface area (Å²) in [7, 11) is 2.20. The molecule has 96 valence electrons. The molecule has 0 radical (unpaired) electrons. The van der Waals surface area contributed by atoms with Crippen LogP contribution in [-0.4, -0.2) is 24.2 Å². The average Bonchev–Trinajstić information content (AvgIpc) is 2.31. The smallest absolute Gasteiger partial charge is 0.0230 e. The molecule has 1 aromatic carbocycles. The topological polar surface area (TPSA) is 3.24 Å². The minimum atomic E-state index is 0.721. The van der Waals surface area contributed by atoms with Crippen molar-refractivity contribution in [2.24, 2.45) is 5.92 Å². The summed E-state index contributed by atoms with van der Waals surface area (Å²) in [6.45, 7) is 6.56. The first kappa shape index (κ1) is 14.6. The van der Waals surface area contributed by atoms with Gasteiger partial charge in [-0.15, -0.1) is 0 Å². The standard InChI is InChI=1S/C15H25NS/c1-4-5-15(12-17)11-16(3)10-14-8-6-13(2)7-9-14/h6-9,15,17H,4-5,10-12H2,1-3H3. The van der Waals surface area contributed by atoms with Crippen LogP contribution >= 0.6 is 12.6 Å². The molecule has 1 unspecified atom stereocenters. The Hall–Kier alpha value is -0.470. The Kier molecular flexibility index (Phi) is 6.68. The lowest BCUT2D eigenvalue weighted by Gasteiger charge is -2.22. The van der Waals surface area contributed by atoms with E-state index in [9.17, 15) is 0 Å². The molecule has 0 spiro atoms. The third-order valence-electron chi connectivity index (χ3n) is 3.10. The predicted octanol–water partition coefficient (Wildman–Crippen LogP) is 3.77. The molecule has 1 aromatic rings. The molecule has 1 atom stereocenters. The van der Waals surface area contributed by atoms with Crippen molar-refractivity contribution in [3.05, 3.63) is 35.4 Å². The molecule has 2 heteroatoms.